The van der Waals surface area contributed by atoms with Crippen molar-refractivity contribution in [3.05, 3.63) is 0 Å². The highest BCUT2D eigenvalue weighted by atomic mass is 16.2. The highest BCUT2D eigenvalue weighted by molar-refractivity contribution is 5.95. The molecular weight excluding hydrogens is 196 g/mol. The van der Waals surface area contributed by atoms with E-state index in [4.69, 9.17) is 5.26 Å². The molecule has 0 atom stereocenters. The molecule has 0 aromatic rings. The second-order valence-electron chi connectivity index (χ2n) is 3.35. The molecule has 15 heavy (non-hydrogen) atoms. The summed E-state index contributed by atoms with van der Waals surface area (Å²) in [5.41, 5.74) is 0. The van der Waals surface area contributed by atoms with Gasteiger partial charge in [0.25, 0.3) is 0 Å². The first-order chi connectivity index (χ1) is 7.24. The monoisotopic (exact) mass is 210 g/mol. The van der Waals surface area contributed by atoms with Crippen molar-refractivity contribution in [2.45, 2.75) is 12.8 Å². The van der Waals surface area contributed by atoms with Crippen LogP contribution in [0.3, 0.4) is 0 Å². The van der Waals surface area contributed by atoms with Crippen LogP contribution < -0.4 is 16.0 Å². The van der Waals surface area contributed by atoms with Gasteiger partial charge >= 0.3 is 6.03 Å². The lowest BCUT2D eigenvalue weighted by atomic mass is 9.97. The van der Waals surface area contributed by atoms with Gasteiger partial charge in [0.2, 0.25) is 5.91 Å². The third-order valence-electron chi connectivity index (χ3n) is 2.27. The molecule has 3 amide bonds. The Labute approximate surface area is 88.0 Å². The fourth-order valence-corrected chi connectivity index (χ4v) is 1.46. The van der Waals surface area contributed by atoms with Crippen LogP contribution in [0, 0.1) is 17.2 Å². The lowest BCUT2D eigenvalue weighted by molar-refractivity contribution is -0.124. The minimum atomic E-state index is -0.597. The molecule has 0 saturated carbocycles. The molecule has 0 unspecified atom stereocenters. The van der Waals surface area contributed by atoms with Crippen LogP contribution in [0.4, 0.5) is 4.79 Å². The predicted molar refractivity (Wildman–Crippen MR) is 52.7 cm³/mol. The molecule has 0 aliphatic carbocycles. The van der Waals surface area contributed by atoms with Gasteiger partial charge in [0.15, 0.2) is 0 Å². The van der Waals surface area contributed by atoms with Crippen molar-refractivity contribution in [1.29, 1.82) is 5.26 Å². The normalized spacial score (nSPS) is 16.5. The third-order valence-corrected chi connectivity index (χ3v) is 2.27. The van der Waals surface area contributed by atoms with E-state index in [1.807, 2.05) is 0 Å². The molecule has 1 fully saturated rings. The highest BCUT2D eigenvalue weighted by Crippen LogP contribution is 2.10. The summed E-state index contributed by atoms with van der Waals surface area (Å²) < 4.78 is 0. The van der Waals surface area contributed by atoms with Crippen molar-refractivity contribution >= 4 is 11.9 Å². The molecule has 1 aliphatic rings. The van der Waals surface area contributed by atoms with Crippen molar-refractivity contribution in [2.24, 2.45) is 5.92 Å². The average molecular weight is 210 g/mol. The first-order valence-corrected chi connectivity index (χ1v) is 4.90. The topological polar surface area (TPSA) is 94.0 Å². The second kappa shape index (κ2) is 5.98. The van der Waals surface area contributed by atoms with Gasteiger partial charge in [-0.25, -0.2) is 4.79 Å². The maximum absolute atomic E-state index is 11.5. The number of nitriles is 1. The second-order valence-corrected chi connectivity index (χ2v) is 3.35. The Kier molecular flexibility index (Phi) is 4.57. The Morgan fingerprint density at radius 3 is 2.67 bits per heavy atom. The maximum Gasteiger partial charge on any atom is 0.322 e. The number of hydrogen-bond donors (Lipinski definition) is 3. The van der Waals surface area contributed by atoms with Gasteiger partial charge in [0.05, 0.1) is 6.07 Å². The van der Waals surface area contributed by atoms with Crippen molar-refractivity contribution in [1.82, 2.24) is 16.0 Å². The van der Waals surface area contributed by atoms with E-state index in [0.717, 1.165) is 25.9 Å². The number of hydrogen-bond acceptors (Lipinski definition) is 4. The number of nitrogens with zero attached hydrogens (tertiary/aromatic N) is 1. The molecule has 0 aromatic carbocycles. The smallest absolute Gasteiger partial charge is 0.322 e. The van der Waals surface area contributed by atoms with Crippen LogP contribution >= 0.6 is 0 Å². The van der Waals surface area contributed by atoms with Crippen LogP contribution in [0.15, 0.2) is 0 Å². The van der Waals surface area contributed by atoms with E-state index >= 15 is 0 Å². The fraction of sp³-hybridized carbons (Fsp3) is 0.667. The standard InChI is InChI=1S/C9H14N4O2/c10-3-6-12-9(15)13-8(14)7-1-4-11-5-2-7/h7,11H,1-2,4-6H2,(H2,12,13,14,15). The molecule has 0 aromatic heterocycles. The highest BCUT2D eigenvalue weighted by Gasteiger charge is 2.22. The SMILES string of the molecule is N#CCNC(=O)NC(=O)C1CCNCC1. The Morgan fingerprint density at radius 1 is 1.40 bits per heavy atom. The van der Waals surface area contributed by atoms with E-state index in [2.05, 4.69) is 16.0 Å². The number of carbonyl (C=O) groups is 2. The van der Waals surface area contributed by atoms with Crippen molar-refractivity contribution < 1.29 is 9.59 Å². The lowest BCUT2D eigenvalue weighted by Gasteiger charge is -2.21. The molecule has 1 aliphatic heterocycles. The number of amides is 3. The Morgan fingerprint density at radius 2 is 2.07 bits per heavy atom. The number of nitrogens with one attached hydrogen (secondary N) is 3. The summed E-state index contributed by atoms with van der Waals surface area (Å²) in [4.78, 5) is 22.5. The molecule has 0 bridgehead atoms. The van der Waals surface area contributed by atoms with Gasteiger partial charge in [-0.05, 0) is 25.9 Å². The summed E-state index contributed by atoms with van der Waals surface area (Å²) in [6.07, 6.45) is 1.49. The van der Waals surface area contributed by atoms with Crippen LogP contribution in [0.2, 0.25) is 0 Å². The van der Waals surface area contributed by atoms with Gasteiger partial charge in [0, 0.05) is 5.92 Å². The summed E-state index contributed by atoms with van der Waals surface area (Å²) in [5.74, 6) is -0.356. The molecule has 1 saturated heterocycles. The summed E-state index contributed by atoms with van der Waals surface area (Å²) >= 11 is 0. The zero-order valence-corrected chi connectivity index (χ0v) is 8.38. The van der Waals surface area contributed by atoms with E-state index in [-0.39, 0.29) is 18.4 Å². The van der Waals surface area contributed by atoms with E-state index in [1.165, 1.54) is 0 Å². The molecule has 1 rings (SSSR count). The van der Waals surface area contributed by atoms with Crippen molar-refractivity contribution in [3.63, 3.8) is 0 Å². The van der Waals surface area contributed by atoms with E-state index in [0.29, 0.717) is 0 Å². The number of carbonyl (C=O) groups excluding carboxylic acids is 2. The molecule has 0 radical (unpaired) electrons. The summed E-state index contributed by atoms with van der Waals surface area (Å²) in [7, 11) is 0. The van der Waals surface area contributed by atoms with Crippen LogP contribution in [0.1, 0.15) is 12.8 Å². The average Bonchev–Trinajstić information content (AvgIpc) is 2.27. The van der Waals surface area contributed by atoms with Gasteiger partial charge < -0.3 is 10.6 Å². The van der Waals surface area contributed by atoms with Crippen LogP contribution in [0.25, 0.3) is 0 Å². The van der Waals surface area contributed by atoms with Gasteiger partial charge in [-0.2, -0.15) is 5.26 Å². The van der Waals surface area contributed by atoms with Crippen LogP contribution in [-0.2, 0) is 4.79 Å². The van der Waals surface area contributed by atoms with Gasteiger partial charge in [-0.3, -0.25) is 10.1 Å². The summed E-state index contributed by atoms with van der Waals surface area (Å²) in [6, 6.07) is 1.16. The Hall–Kier alpha value is -1.61. The van der Waals surface area contributed by atoms with Crippen molar-refractivity contribution in [2.75, 3.05) is 19.6 Å². The molecule has 0 spiro atoms. The number of rotatable bonds is 2. The number of piperidine rings is 1. The van der Waals surface area contributed by atoms with E-state index < -0.39 is 6.03 Å². The zero-order chi connectivity index (χ0) is 11.1. The first kappa shape index (κ1) is 11.5. The minimum absolute atomic E-state index is 0.0919. The molecule has 82 valence electrons. The number of imide groups is 1. The molecular formula is C9H14N4O2. The lowest BCUT2D eigenvalue weighted by Crippen LogP contribution is -2.45. The van der Waals surface area contributed by atoms with E-state index in [1.54, 1.807) is 6.07 Å². The molecule has 3 N–H and O–H groups in total. The number of urea groups is 1. The molecule has 6 heteroatoms. The van der Waals surface area contributed by atoms with Gasteiger partial charge in [-0.15, -0.1) is 0 Å². The Bertz CT molecular complexity index is 278. The summed E-state index contributed by atoms with van der Waals surface area (Å²) in [5, 5.41) is 15.8. The first-order valence-electron chi connectivity index (χ1n) is 4.90. The maximum atomic E-state index is 11.5. The quantitative estimate of drug-likeness (QED) is 0.527. The fourth-order valence-electron chi connectivity index (χ4n) is 1.46. The van der Waals surface area contributed by atoms with Gasteiger partial charge in [0.1, 0.15) is 6.54 Å². The van der Waals surface area contributed by atoms with E-state index in [9.17, 15) is 9.59 Å². The van der Waals surface area contributed by atoms with Gasteiger partial charge in [-0.1, -0.05) is 0 Å². The van der Waals surface area contributed by atoms with Crippen LogP contribution in [0.5, 0.6) is 0 Å². The minimum Gasteiger partial charge on any atom is -0.325 e. The van der Waals surface area contributed by atoms with Crippen LogP contribution in [-0.4, -0.2) is 31.6 Å². The molecule has 6 nitrogen and oxygen atoms in total. The summed E-state index contributed by atoms with van der Waals surface area (Å²) in [6.45, 7) is 1.52. The molecule has 1 heterocycles. The predicted octanol–water partition coefficient (Wildman–Crippen LogP) is -0.665. The third kappa shape index (κ3) is 3.95. The van der Waals surface area contributed by atoms with Crippen molar-refractivity contribution in [3.8, 4) is 6.07 Å². The largest absolute Gasteiger partial charge is 0.325 e. The zero-order valence-electron chi connectivity index (χ0n) is 8.38. The Balaban J connectivity index is 2.28.